The van der Waals surface area contributed by atoms with Gasteiger partial charge in [-0.25, -0.2) is 0 Å². The third kappa shape index (κ3) is 7.64. The minimum atomic E-state index is -0.0738. The van der Waals surface area contributed by atoms with E-state index in [1.54, 1.807) is 7.11 Å². The van der Waals surface area contributed by atoms with Gasteiger partial charge in [-0.15, -0.1) is 0 Å². The van der Waals surface area contributed by atoms with Gasteiger partial charge in [-0.2, -0.15) is 0 Å². The number of unbranched alkanes of at least 4 members (excludes halogenated alkanes) is 2. The molecule has 0 N–H and O–H groups in total. The van der Waals surface area contributed by atoms with Crippen LogP contribution in [0.2, 0.25) is 0 Å². The Morgan fingerprint density at radius 2 is 1.66 bits per heavy atom. The summed E-state index contributed by atoms with van der Waals surface area (Å²) in [4.78, 5) is 13.9. The van der Waals surface area contributed by atoms with E-state index >= 15 is 0 Å². The first-order valence-electron chi connectivity index (χ1n) is 11.9. The molecule has 2 aromatic rings. The van der Waals surface area contributed by atoms with Gasteiger partial charge in [0.25, 0.3) is 0 Å². The molecule has 3 rings (SSSR count). The molecule has 174 valence electrons. The summed E-state index contributed by atoms with van der Waals surface area (Å²) >= 11 is 0. The van der Waals surface area contributed by atoms with E-state index in [1.165, 1.54) is 5.56 Å². The maximum Gasteiger partial charge on any atom is 0.305 e. The molecule has 5 nitrogen and oxygen atoms in total. The molecule has 32 heavy (non-hydrogen) atoms. The van der Waals surface area contributed by atoms with Crippen LogP contribution in [-0.4, -0.2) is 50.3 Å². The van der Waals surface area contributed by atoms with Crippen LogP contribution >= 0.6 is 0 Å². The van der Waals surface area contributed by atoms with Gasteiger partial charge in [-0.3, -0.25) is 4.79 Å². The number of ether oxygens (including phenoxy) is 3. The predicted octanol–water partition coefficient (Wildman–Crippen LogP) is 5.39. The molecule has 1 unspecified atom stereocenters. The van der Waals surface area contributed by atoms with E-state index in [9.17, 15) is 4.79 Å². The quantitative estimate of drug-likeness (QED) is 0.328. The summed E-state index contributed by atoms with van der Waals surface area (Å²) in [6.07, 6.45) is 5.93. The number of hydrogen-bond donors (Lipinski definition) is 0. The zero-order valence-electron chi connectivity index (χ0n) is 19.5. The molecular weight excluding hydrogens is 402 g/mol. The van der Waals surface area contributed by atoms with Crippen molar-refractivity contribution in [1.82, 2.24) is 4.90 Å². The molecule has 1 heterocycles. The monoisotopic (exact) mass is 439 g/mol. The molecule has 0 aromatic heterocycles. The second kappa shape index (κ2) is 13.2. The van der Waals surface area contributed by atoms with Crippen LogP contribution in [0.1, 0.15) is 62.7 Å². The molecule has 0 saturated carbocycles. The van der Waals surface area contributed by atoms with Gasteiger partial charge in [0.05, 0.1) is 19.8 Å². The van der Waals surface area contributed by atoms with Crippen molar-refractivity contribution < 1.29 is 19.0 Å². The molecule has 1 saturated heterocycles. The zero-order chi connectivity index (χ0) is 22.6. The smallest absolute Gasteiger partial charge is 0.305 e. The van der Waals surface area contributed by atoms with Crippen molar-refractivity contribution in [3.63, 3.8) is 0 Å². The Morgan fingerprint density at radius 3 is 2.31 bits per heavy atom. The van der Waals surface area contributed by atoms with E-state index in [0.29, 0.717) is 13.0 Å². The number of piperidine rings is 1. The van der Waals surface area contributed by atoms with Gasteiger partial charge < -0.3 is 19.1 Å². The van der Waals surface area contributed by atoms with Crippen LogP contribution in [-0.2, 0) is 14.3 Å². The van der Waals surface area contributed by atoms with E-state index in [2.05, 4.69) is 41.3 Å². The van der Waals surface area contributed by atoms with Gasteiger partial charge in [0.15, 0.2) is 0 Å². The first kappa shape index (κ1) is 24.3. The van der Waals surface area contributed by atoms with E-state index in [0.717, 1.165) is 63.1 Å². The molecule has 1 atom stereocenters. The molecule has 0 bridgehead atoms. The number of carbonyl (C=O) groups is 1. The second-order valence-corrected chi connectivity index (χ2v) is 8.36. The number of hydrogen-bond acceptors (Lipinski definition) is 5. The van der Waals surface area contributed by atoms with Gasteiger partial charge in [-0.1, -0.05) is 48.9 Å². The van der Waals surface area contributed by atoms with Crippen molar-refractivity contribution in [1.29, 1.82) is 0 Å². The summed E-state index contributed by atoms with van der Waals surface area (Å²) in [5.41, 5.74) is 2.34. The summed E-state index contributed by atoms with van der Waals surface area (Å²) in [5, 5.41) is 0. The minimum Gasteiger partial charge on any atom is -0.497 e. The van der Waals surface area contributed by atoms with Gasteiger partial charge in [0.1, 0.15) is 11.9 Å². The van der Waals surface area contributed by atoms with Crippen molar-refractivity contribution in [2.45, 2.75) is 57.7 Å². The predicted molar refractivity (Wildman–Crippen MR) is 127 cm³/mol. The first-order valence-corrected chi connectivity index (χ1v) is 11.9. The largest absolute Gasteiger partial charge is 0.497 e. The number of nitrogens with zero attached hydrogens (tertiary/aromatic N) is 1. The van der Waals surface area contributed by atoms with Crippen LogP contribution in [0, 0.1) is 0 Å². The number of rotatable bonds is 12. The second-order valence-electron chi connectivity index (χ2n) is 8.36. The molecule has 2 aromatic carbocycles. The fourth-order valence-electron chi connectivity index (χ4n) is 4.23. The highest BCUT2D eigenvalue weighted by Gasteiger charge is 2.24. The number of methoxy groups -OCH3 is 1. The molecule has 0 amide bonds. The van der Waals surface area contributed by atoms with Gasteiger partial charge in [0, 0.05) is 19.5 Å². The van der Waals surface area contributed by atoms with E-state index in [-0.39, 0.29) is 18.2 Å². The summed E-state index contributed by atoms with van der Waals surface area (Å²) < 4.78 is 17.0. The SMILES string of the molecule is CCOC(=O)CCCCCN1CCC(OC(c2ccccc2)c2ccc(OC)cc2)CC1. The fraction of sp³-hybridized carbons (Fsp3) is 0.519. The Hall–Kier alpha value is -2.37. The summed E-state index contributed by atoms with van der Waals surface area (Å²) in [6.45, 7) is 5.54. The average Bonchev–Trinajstić information content (AvgIpc) is 2.84. The highest BCUT2D eigenvalue weighted by molar-refractivity contribution is 5.69. The number of benzene rings is 2. The molecule has 0 spiro atoms. The Balaban J connectivity index is 1.46. The Morgan fingerprint density at radius 1 is 0.969 bits per heavy atom. The Kier molecular flexibility index (Phi) is 10.0. The van der Waals surface area contributed by atoms with Crippen LogP contribution in [0.4, 0.5) is 0 Å². The van der Waals surface area contributed by atoms with Crippen molar-refractivity contribution in [3.8, 4) is 5.75 Å². The fourth-order valence-corrected chi connectivity index (χ4v) is 4.23. The zero-order valence-corrected chi connectivity index (χ0v) is 19.5. The third-order valence-corrected chi connectivity index (χ3v) is 6.04. The molecule has 1 aliphatic heterocycles. The first-order chi connectivity index (χ1) is 15.7. The lowest BCUT2D eigenvalue weighted by molar-refractivity contribution is -0.143. The third-order valence-electron chi connectivity index (χ3n) is 6.04. The average molecular weight is 440 g/mol. The van der Waals surface area contributed by atoms with E-state index in [1.807, 2.05) is 25.1 Å². The Labute approximate surface area is 192 Å². The van der Waals surface area contributed by atoms with Gasteiger partial charge >= 0.3 is 5.97 Å². The lowest BCUT2D eigenvalue weighted by atomic mass is 10.00. The van der Waals surface area contributed by atoms with Crippen LogP contribution in [0.15, 0.2) is 54.6 Å². The van der Waals surface area contributed by atoms with Gasteiger partial charge in [-0.05, 0) is 62.4 Å². The molecular formula is C27H37NO4. The van der Waals surface area contributed by atoms with Crippen LogP contribution in [0.5, 0.6) is 5.75 Å². The summed E-state index contributed by atoms with van der Waals surface area (Å²) in [7, 11) is 1.69. The molecule has 1 fully saturated rings. The van der Waals surface area contributed by atoms with Gasteiger partial charge in [0.2, 0.25) is 0 Å². The minimum absolute atomic E-state index is 0.0680. The maximum absolute atomic E-state index is 11.4. The number of likely N-dealkylation sites (tertiary alicyclic amines) is 1. The van der Waals surface area contributed by atoms with Crippen LogP contribution in [0.3, 0.4) is 0 Å². The van der Waals surface area contributed by atoms with Crippen molar-refractivity contribution in [2.24, 2.45) is 0 Å². The molecule has 1 aliphatic rings. The maximum atomic E-state index is 11.4. The summed E-state index contributed by atoms with van der Waals surface area (Å²) in [5.74, 6) is 0.784. The van der Waals surface area contributed by atoms with Crippen molar-refractivity contribution in [3.05, 3.63) is 65.7 Å². The van der Waals surface area contributed by atoms with Crippen molar-refractivity contribution in [2.75, 3.05) is 33.4 Å². The van der Waals surface area contributed by atoms with Crippen LogP contribution in [0.25, 0.3) is 0 Å². The standard InChI is InChI=1S/C27H37NO4/c1-3-31-26(29)12-8-5-9-19-28-20-17-25(18-21-28)32-27(22-10-6-4-7-11-22)23-13-15-24(30-2)16-14-23/h4,6-7,10-11,13-16,25,27H,3,5,8-9,12,17-21H2,1-2H3. The molecule has 0 aliphatic carbocycles. The lowest BCUT2D eigenvalue weighted by Gasteiger charge is -2.34. The highest BCUT2D eigenvalue weighted by Crippen LogP contribution is 2.31. The molecule has 0 radical (unpaired) electrons. The topological polar surface area (TPSA) is 48.0 Å². The normalized spacial score (nSPS) is 15.9. The van der Waals surface area contributed by atoms with E-state index < -0.39 is 0 Å². The number of esters is 1. The summed E-state index contributed by atoms with van der Waals surface area (Å²) in [6, 6.07) is 18.7. The highest BCUT2D eigenvalue weighted by atomic mass is 16.5. The van der Waals surface area contributed by atoms with Crippen molar-refractivity contribution >= 4 is 5.97 Å². The molecule has 5 heteroatoms. The van der Waals surface area contributed by atoms with E-state index in [4.69, 9.17) is 14.2 Å². The van der Waals surface area contributed by atoms with Crippen LogP contribution < -0.4 is 4.74 Å². The number of carbonyl (C=O) groups excluding carboxylic acids is 1. The lowest BCUT2D eigenvalue weighted by Crippen LogP contribution is -2.38. The Bertz CT molecular complexity index is 785.